The van der Waals surface area contributed by atoms with Gasteiger partial charge in [-0.3, -0.25) is 4.79 Å². The lowest BCUT2D eigenvalue weighted by atomic mass is 10.1. The molecule has 2 aromatic heterocycles. The van der Waals surface area contributed by atoms with Gasteiger partial charge in [-0.2, -0.15) is 5.10 Å². The Kier molecular flexibility index (Phi) is 4.12. The summed E-state index contributed by atoms with van der Waals surface area (Å²) in [4.78, 5) is 16.6. The van der Waals surface area contributed by atoms with E-state index in [1.54, 1.807) is 35.8 Å². The van der Waals surface area contributed by atoms with Gasteiger partial charge in [-0.15, -0.1) is 0 Å². The van der Waals surface area contributed by atoms with Crippen LogP contribution in [0.3, 0.4) is 0 Å². The van der Waals surface area contributed by atoms with E-state index < -0.39 is 0 Å². The third kappa shape index (κ3) is 2.78. The van der Waals surface area contributed by atoms with Gasteiger partial charge in [-0.1, -0.05) is 30.4 Å². The molecule has 0 spiro atoms. The van der Waals surface area contributed by atoms with E-state index >= 15 is 0 Å². The molecular formula is C18H17FN4O. The molecule has 3 rings (SSSR count). The minimum atomic E-state index is -0.338. The molecule has 1 aromatic carbocycles. The molecule has 0 atom stereocenters. The second kappa shape index (κ2) is 6.23. The number of benzene rings is 1. The quantitative estimate of drug-likeness (QED) is 0.750. The molecule has 0 aliphatic rings. The Morgan fingerprint density at radius 2 is 2.04 bits per heavy atom. The van der Waals surface area contributed by atoms with Crippen LogP contribution in [0.15, 0.2) is 48.8 Å². The fraction of sp³-hybridized carbons (Fsp3) is 0.167. The first kappa shape index (κ1) is 15.9. The molecule has 0 radical (unpaired) electrons. The Balaban J connectivity index is 2.04. The van der Waals surface area contributed by atoms with E-state index in [0.29, 0.717) is 34.6 Å². The minimum Gasteiger partial charge on any atom is -0.348 e. The van der Waals surface area contributed by atoms with Crippen LogP contribution >= 0.6 is 0 Å². The van der Waals surface area contributed by atoms with Crippen molar-refractivity contribution in [2.75, 3.05) is 6.54 Å². The lowest BCUT2D eigenvalue weighted by Gasteiger charge is -2.09. The number of aromatic nitrogens is 3. The van der Waals surface area contributed by atoms with E-state index in [2.05, 4.69) is 22.0 Å². The van der Waals surface area contributed by atoms with Crippen LogP contribution in [0.5, 0.6) is 0 Å². The van der Waals surface area contributed by atoms with Crippen molar-refractivity contribution in [2.24, 2.45) is 0 Å². The molecule has 1 N–H and O–H groups in total. The average molecular weight is 324 g/mol. The van der Waals surface area contributed by atoms with Crippen LogP contribution in [0.25, 0.3) is 16.8 Å². The number of hydrogen-bond donors (Lipinski definition) is 1. The van der Waals surface area contributed by atoms with Gasteiger partial charge in [0, 0.05) is 23.9 Å². The molecule has 0 unspecified atom stereocenters. The van der Waals surface area contributed by atoms with Gasteiger partial charge in [0.1, 0.15) is 5.82 Å². The van der Waals surface area contributed by atoms with E-state index in [1.807, 2.05) is 6.92 Å². The first-order valence-corrected chi connectivity index (χ1v) is 7.50. The summed E-state index contributed by atoms with van der Waals surface area (Å²) in [6.45, 7) is 7.77. The highest BCUT2D eigenvalue weighted by Crippen LogP contribution is 2.26. The summed E-state index contributed by atoms with van der Waals surface area (Å²) in [5, 5.41) is 7.04. The highest BCUT2D eigenvalue weighted by atomic mass is 19.1. The Bertz CT molecular complexity index is 945. The van der Waals surface area contributed by atoms with Crippen molar-refractivity contribution in [1.82, 2.24) is 19.9 Å². The number of nitrogens with one attached hydrogen (secondary N) is 1. The number of amides is 1. The molecule has 122 valence electrons. The Labute approximate surface area is 138 Å². The van der Waals surface area contributed by atoms with E-state index in [-0.39, 0.29) is 11.7 Å². The third-order valence-corrected chi connectivity index (χ3v) is 3.73. The normalized spacial score (nSPS) is 10.8. The zero-order valence-electron chi connectivity index (χ0n) is 13.5. The predicted molar refractivity (Wildman–Crippen MR) is 90.3 cm³/mol. The van der Waals surface area contributed by atoms with Crippen LogP contribution in [0, 0.1) is 12.7 Å². The molecule has 0 saturated heterocycles. The Morgan fingerprint density at radius 1 is 1.29 bits per heavy atom. The number of nitrogens with zero attached hydrogens (tertiary/aromatic N) is 3. The number of rotatable bonds is 4. The summed E-state index contributed by atoms with van der Waals surface area (Å²) in [5.74, 6) is -0.581. The monoisotopic (exact) mass is 324 g/mol. The standard InChI is InChI=1S/C18H17FN4O/c1-11(2)8-21-18(24)14-9-20-17-15(10-22-23(17)12(14)3)13-6-4-5-7-16(13)19/h4-7,9-10H,1,8H2,2-3H3,(H,21,24). The van der Waals surface area contributed by atoms with Crippen molar-refractivity contribution in [2.45, 2.75) is 13.8 Å². The van der Waals surface area contributed by atoms with Crippen LogP contribution in [0.1, 0.15) is 23.0 Å². The lowest BCUT2D eigenvalue weighted by Crippen LogP contribution is -2.26. The molecule has 0 bridgehead atoms. The van der Waals surface area contributed by atoms with Crippen molar-refractivity contribution in [3.05, 3.63) is 65.9 Å². The number of halogens is 1. The van der Waals surface area contributed by atoms with Gasteiger partial charge in [0.15, 0.2) is 5.65 Å². The van der Waals surface area contributed by atoms with Crippen LogP contribution in [-0.2, 0) is 0 Å². The second-order valence-electron chi connectivity index (χ2n) is 5.67. The van der Waals surface area contributed by atoms with Gasteiger partial charge >= 0.3 is 0 Å². The topological polar surface area (TPSA) is 59.3 Å². The fourth-order valence-corrected chi connectivity index (χ4v) is 2.46. The molecule has 24 heavy (non-hydrogen) atoms. The summed E-state index contributed by atoms with van der Waals surface area (Å²) in [6.07, 6.45) is 3.05. The molecular weight excluding hydrogens is 307 g/mol. The third-order valence-electron chi connectivity index (χ3n) is 3.73. The van der Waals surface area contributed by atoms with E-state index in [4.69, 9.17) is 0 Å². The molecule has 5 nitrogen and oxygen atoms in total. The largest absolute Gasteiger partial charge is 0.348 e. The summed E-state index contributed by atoms with van der Waals surface area (Å²) in [7, 11) is 0. The summed E-state index contributed by atoms with van der Waals surface area (Å²) in [6, 6.07) is 6.46. The van der Waals surface area contributed by atoms with Gasteiger partial charge < -0.3 is 5.32 Å². The highest BCUT2D eigenvalue weighted by molar-refractivity contribution is 5.95. The first-order valence-electron chi connectivity index (χ1n) is 7.50. The van der Waals surface area contributed by atoms with Gasteiger partial charge in [0.25, 0.3) is 5.91 Å². The van der Waals surface area contributed by atoms with Crippen molar-refractivity contribution in [1.29, 1.82) is 0 Å². The molecule has 3 aromatic rings. The van der Waals surface area contributed by atoms with E-state index in [9.17, 15) is 9.18 Å². The smallest absolute Gasteiger partial charge is 0.254 e. The van der Waals surface area contributed by atoms with Crippen LogP contribution in [-0.4, -0.2) is 27.0 Å². The maximum absolute atomic E-state index is 14.0. The molecule has 0 aliphatic carbocycles. The zero-order chi connectivity index (χ0) is 17.3. The van der Waals surface area contributed by atoms with Crippen molar-refractivity contribution in [3.63, 3.8) is 0 Å². The summed E-state index contributed by atoms with van der Waals surface area (Å²) < 4.78 is 15.6. The summed E-state index contributed by atoms with van der Waals surface area (Å²) >= 11 is 0. The Morgan fingerprint density at radius 3 is 2.75 bits per heavy atom. The van der Waals surface area contributed by atoms with Crippen LogP contribution in [0.2, 0.25) is 0 Å². The molecule has 2 heterocycles. The van der Waals surface area contributed by atoms with Gasteiger partial charge in [0.05, 0.1) is 17.5 Å². The maximum atomic E-state index is 14.0. The van der Waals surface area contributed by atoms with Crippen molar-refractivity contribution < 1.29 is 9.18 Å². The zero-order valence-corrected chi connectivity index (χ0v) is 13.5. The number of hydrogen-bond acceptors (Lipinski definition) is 3. The predicted octanol–water partition coefficient (Wildman–Crippen LogP) is 3.15. The maximum Gasteiger partial charge on any atom is 0.254 e. The van der Waals surface area contributed by atoms with Crippen molar-refractivity contribution in [3.8, 4) is 11.1 Å². The van der Waals surface area contributed by atoms with Crippen LogP contribution < -0.4 is 5.32 Å². The highest BCUT2D eigenvalue weighted by Gasteiger charge is 2.17. The fourth-order valence-electron chi connectivity index (χ4n) is 2.46. The summed E-state index contributed by atoms with van der Waals surface area (Å²) in [5.41, 5.74) is 3.45. The molecule has 6 heteroatoms. The first-order chi connectivity index (χ1) is 11.5. The Hall–Kier alpha value is -3.02. The number of carbonyl (C=O) groups excluding carboxylic acids is 1. The van der Waals surface area contributed by atoms with Crippen LogP contribution in [0.4, 0.5) is 4.39 Å². The molecule has 0 fully saturated rings. The molecule has 0 saturated carbocycles. The molecule has 0 aliphatic heterocycles. The van der Waals surface area contributed by atoms with Gasteiger partial charge in [-0.25, -0.2) is 13.9 Å². The van der Waals surface area contributed by atoms with E-state index in [0.717, 1.165) is 5.57 Å². The number of fused-ring (bicyclic) bond motifs is 1. The number of aryl methyl sites for hydroxylation is 1. The van der Waals surface area contributed by atoms with Gasteiger partial charge in [0.2, 0.25) is 0 Å². The lowest BCUT2D eigenvalue weighted by molar-refractivity contribution is 0.0955. The van der Waals surface area contributed by atoms with Gasteiger partial charge in [-0.05, 0) is 19.9 Å². The number of carbonyl (C=O) groups is 1. The average Bonchev–Trinajstić information content (AvgIpc) is 2.98. The minimum absolute atomic E-state index is 0.243. The second-order valence-corrected chi connectivity index (χ2v) is 5.67. The van der Waals surface area contributed by atoms with E-state index in [1.165, 1.54) is 12.3 Å². The molecule has 1 amide bonds. The van der Waals surface area contributed by atoms with Crippen molar-refractivity contribution >= 4 is 11.6 Å². The SMILES string of the molecule is C=C(C)CNC(=O)c1cnc2c(-c3ccccc3F)cnn2c1C.